The van der Waals surface area contributed by atoms with Crippen molar-refractivity contribution in [1.29, 1.82) is 0 Å². The molecule has 0 radical (unpaired) electrons. The Hall–Kier alpha value is -2.64. The zero-order valence-corrected chi connectivity index (χ0v) is 8.52. The van der Waals surface area contributed by atoms with E-state index in [1.165, 1.54) is 12.1 Å². The first kappa shape index (κ1) is 12.4. The van der Waals surface area contributed by atoms with Crippen LogP contribution in [0, 0.1) is 20.2 Å². The fourth-order valence-electron chi connectivity index (χ4n) is 1.01. The molecule has 1 unspecified atom stereocenters. The van der Waals surface area contributed by atoms with Crippen LogP contribution in [0.15, 0.2) is 43.0 Å². The quantitative estimate of drug-likeness (QED) is 0.322. The van der Waals surface area contributed by atoms with E-state index in [2.05, 4.69) is 11.4 Å². The molecule has 0 aliphatic carbocycles. The summed E-state index contributed by atoms with van der Waals surface area (Å²) in [5.74, 6) is -2.70. The Kier molecular flexibility index (Phi) is 3.60. The predicted molar refractivity (Wildman–Crippen MR) is 55.1 cm³/mol. The molecule has 0 amide bonds. The monoisotopic (exact) mass is 240 g/mol. The zero-order valence-electron chi connectivity index (χ0n) is 8.52. The number of hydrogen-bond acceptors (Lipinski definition) is 6. The van der Waals surface area contributed by atoms with E-state index < -0.39 is 15.9 Å². The summed E-state index contributed by atoms with van der Waals surface area (Å²) >= 11 is 0. The molecule has 1 aromatic rings. The molecule has 0 heterocycles. The summed E-state index contributed by atoms with van der Waals surface area (Å²) in [5, 5.41) is 19.7. The standard InChI is InChI=1S/C9H8N2O6/c1-2-9(10(12)13,17-11(14)15)16-8-6-4-3-5-7-8/h2-7H,1H2. The predicted octanol–water partition coefficient (Wildman–Crippen LogP) is 1.39. The van der Waals surface area contributed by atoms with Gasteiger partial charge in [0.1, 0.15) is 10.7 Å². The maximum Gasteiger partial charge on any atom is 0.539 e. The van der Waals surface area contributed by atoms with Gasteiger partial charge in [-0.2, -0.15) is 4.84 Å². The van der Waals surface area contributed by atoms with Crippen molar-refractivity contribution in [3.05, 3.63) is 63.2 Å². The summed E-state index contributed by atoms with van der Waals surface area (Å²) in [6.45, 7) is 3.11. The first-order chi connectivity index (χ1) is 8.00. The molecular formula is C9H8N2O6. The highest BCUT2D eigenvalue weighted by Crippen LogP contribution is 2.21. The second-order valence-electron chi connectivity index (χ2n) is 2.82. The Bertz CT molecular complexity index is 434. The van der Waals surface area contributed by atoms with Crippen LogP contribution in [0.25, 0.3) is 0 Å². The van der Waals surface area contributed by atoms with Gasteiger partial charge in [-0.15, -0.1) is 10.1 Å². The third-order valence-corrected chi connectivity index (χ3v) is 1.73. The number of rotatable bonds is 6. The lowest BCUT2D eigenvalue weighted by Gasteiger charge is -2.19. The Labute approximate surface area is 95.3 Å². The molecule has 0 aliphatic rings. The summed E-state index contributed by atoms with van der Waals surface area (Å²) in [4.78, 5) is 23.8. The number of ether oxygens (including phenoxy) is 1. The van der Waals surface area contributed by atoms with Gasteiger partial charge in [0.05, 0.1) is 6.08 Å². The minimum atomic E-state index is -2.75. The summed E-state index contributed by atoms with van der Waals surface area (Å²) in [6, 6.07) is 7.55. The van der Waals surface area contributed by atoms with Gasteiger partial charge in [0.15, 0.2) is 0 Å². The fraction of sp³-hybridized carbons (Fsp3) is 0.111. The van der Waals surface area contributed by atoms with E-state index >= 15 is 0 Å². The molecule has 1 aromatic carbocycles. The molecule has 1 atom stereocenters. The van der Waals surface area contributed by atoms with Crippen molar-refractivity contribution >= 4 is 0 Å². The number of benzene rings is 1. The van der Waals surface area contributed by atoms with Crippen molar-refractivity contribution in [1.82, 2.24) is 0 Å². The van der Waals surface area contributed by atoms with Gasteiger partial charge in [0.2, 0.25) is 0 Å². The highest BCUT2D eigenvalue weighted by atomic mass is 17.0. The summed E-state index contributed by atoms with van der Waals surface area (Å²) in [5.41, 5.74) is 0. The van der Waals surface area contributed by atoms with Crippen LogP contribution in [0.2, 0.25) is 0 Å². The molecule has 0 saturated carbocycles. The van der Waals surface area contributed by atoms with Crippen molar-refractivity contribution in [2.24, 2.45) is 0 Å². The Morgan fingerprint density at radius 2 is 1.82 bits per heavy atom. The third-order valence-electron chi connectivity index (χ3n) is 1.73. The van der Waals surface area contributed by atoms with Crippen LogP contribution in [-0.2, 0) is 4.84 Å². The van der Waals surface area contributed by atoms with E-state index in [1.54, 1.807) is 18.2 Å². The molecule has 0 spiro atoms. The average Bonchev–Trinajstić information content (AvgIpc) is 2.28. The Balaban J connectivity index is 3.02. The van der Waals surface area contributed by atoms with Gasteiger partial charge in [-0.05, 0) is 12.1 Å². The molecule has 0 N–H and O–H groups in total. The topological polar surface area (TPSA) is 105 Å². The van der Waals surface area contributed by atoms with Gasteiger partial charge in [-0.3, -0.25) is 10.1 Å². The van der Waals surface area contributed by atoms with Crippen molar-refractivity contribution in [3.63, 3.8) is 0 Å². The van der Waals surface area contributed by atoms with E-state index in [4.69, 9.17) is 4.74 Å². The number of nitrogens with zero attached hydrogens (tertiary/aromatic N) is 2. The molecule has 1 rings (SSSR count). The molecule has 0 aliphatic heterocycles. The smallest absolute Gasteiger partial charge is 0.404 e. The summed E-state index contributed by atoms with van der Waals surface area (Å²) in [6.07, 6.45) is 0.600. The lowest BCUT2D eigenvalue weighted by molar-refractivity contribution is -0.866. The second kappa shape index (κ2) is 4.92. The SMILES string of the molecule is C=CC(Oc1ccccc1)(O[N+](=O)[O-])[N+](=O)[O-]. The van der Waals surface area contributed by atoms with E-state index in [0.717, 1.165) is 0 Å². The molecule has 17 heavy (non-hydrogen) atoms. The normalized spacial score (nSPS) is 13.2. The largest absolute Gasteiger partial charge is 0.539 e. The van der Waals surface area contributed by atoms with Gasteiger partial charge < -0.3 is 4.74 Å². The van der Waals surface area contributed by atoms with Crippen LogP contribution in [0.5, 0.6) is 5.75 Å². The van der Waals surface area contributed by atoms with E-state index in [0.29, 0.717) is 6.08 Å². The number of nitro groups is 1. The number of hydrogen-bond donors (Lipinski definition) is 0. The van der Waals surface area contributed by atoms with E-state index in [1.807, 2.05) is 0 Å². The Morgan fingerprint density at radius 1 is 1.24 bits per heavy atom. The highest BCUT2D eigenvalue weighted by Gasteiger charge is 2.48. The molecular weight excluding hydrogens is 232 g/mol. The minimum absolute atomic E-state index is 0.0472. The molecule has 0 aromatic heterocycles. The van der Waals surface area contributed by atoms with Crippen LogP contribution in [-0.4, -0.2) is 15.9 Å². The van der Waals surface area contributed by atoms with E-state index in [-0.39, 0.29) is 5.75 Å². The van der Waals surface area contributed by atoms with Crippen LogP contribution >= 0.6 is 0 Å². The molecule has 0 bridgehead atoms. The summed E-state index contributed by atoms with van der Waals surface area (Å²) in [7, 11) is 0. The molecule has 8 heteroatoms. The van der Waals surface area contributed by atoms with Crippen LogP contribution in [0.3, 0.4) is 0 Å². The lowest BCUT2D eigenvalue weighted by Crippen LogP contribution is -2.46. The van der Waals surface area contributed by atoms with Gasteiger partial charge in [-0.1, -0.05) is 24.8 Å². The van der Waals surface area contributed by atoms with Crippen molar-refractivity contribution < 1.29 is 19.6 Å². The van der Waals surface area contributed by atoms with Crippen molar-refractivity contribution in [2.45, 2.75) is 5.91 Å². The second-order valence-corrected chi connectivity index (χ2v) is 2.82. The summed E-state index contributed by atoms with van der Waals surface area (Å²) < 4.78 is 4.84. The maximum atomic E-state index is 10.8. The van der Waals surface area contributed by atoms with Gasteiger partial charge in [-0.25, -0.2) is 0 Å². The first-order valence-electron chi connectivity index (χ1n) is 4.36. The van der Waals surface area contributed by atoms with Crippen LogP contribution < -0.4 is 4.74 Å². The van der Waals surface area contributed by atoms with Crippen molar-refractivity contribution in [3.8, 4) is 5.75 Å². The third kappa shape index (κ3) is 2.91. The van der Waals surface area contributed by atoms with Crippen molar-refractivity contribution in [2.75, 3.05) is 0 Å². The van der Waals surface area contributed by atoms with Crippen LogP contribution in [0.4, 0.5) is 0 Å². The maximum absolute atomic E-state index is 10.8. The van der Waals surface area contributed by atoms with Gasteiger partial charge in [0, 0.05) is 0 Å². The van der Waals surface area contributed by atoms with Gasteiger partial charge in [0.25, 0.3) is 0 Å². The minimum Gasteiger partial charge on any atom is -0.404 e. The fourth-order valence-corrected chi connectivity index (χ4v) is 1.01. The molecule has 8 nitrogen and oxygen atoms in total. The zero-order chi connectivity index (χ0) is 12.9. The van der Waals surface area contributed by atoms with Gasteiger partial charge >= 0.3 is 11.0 Å². The highest BCUT2D eigenvalue weighted by molar-refractivity contribution is 5.21. The lowest BCUT2D eigenvalue weighted by atomic mass is 10.3. The average molecular weight is 240 g/mol. The van der Waals surface area contributed by atoms with Crippen LogP contribution in [0.1, 0.15) is 0 Å². The molecule has 90 valence electrons. The molecule has 0 saturated heterocycles. The Morgan fingerprint density at radius 3 is 2.24 bits per heavy atom. The first-order valence-corrected chi connectivity index (χ1v) is 4.36. The molecule has 0 fully saturated rings. The van der Waals surface area contributed by atoms with E-state index in [9.17, 15) is 20.2 Å². The number of para-hydroxylation sites is 1.